The van der Waals surface area contributed by atoms with Gasteiger partial charge in [0, 0.05) is 23.2 Å². The van der Waals surface area contributed by atoms with E-state index in [1.54, 1.807) is 0 Å². The third kappa shape index (κ3) is 4.62. The quantitative estimate of drug-likeness (QED) is 0.617. The number of halogens is 2. The number of hydrogen-bond donors (Lipinski definition) is 1. The topological polar surface area (TPSA) is 12.0 Å². The van der Waals surface area contributed by atoms with E-state index in [0.29, 0.717) is 10.9 Å². The zero-order valence-electron chi connectivity index (χ0n) is 8.89. The maximum absolute atomic E-state index is 13.1. The van der Waals surface area contributed by atoms with Crippen molar-refractivity contribution in [1.82, 2.24) is 5.32 Å². The van der Waals surface area contributed by atoms with Crippen LogP contribution < -0.4 is 5.32 Å². The molecule has 0 saturated carbocycles. The standard InChI is InChI=1S/C11H15F2NS/c1-8(2)14-5-6-15-11-7-9(12)3-4-10(11)13/h3-4,7-8,14H,5-6H2,1-2H3. The number of benzene rings is 1. The van der Waals surface area contributed by atoms with Gasteiger partial charge in [0.15, 0.2) is 0 Å². The zero-order chi connectivity index (χ0) is 11.3. The summed E-state index contributed by atoms with van der Waals surface area (Å²) in [6.07, 6.45) is 0. The molecule has 1 aromatic carbocycles. The molecule has 0 spiro atoms. The average molecular weight is 231 g/mol. The van der Waals surface area contributed by atoms with Crippen LogP contribution in [0.2, 0.25) is 0 Å². The first-order valence-electron chi connectivity index (χ1n) is 4.91. The Morgan fingerprint density at radius 2 is 2.07 bits per heavy atom. The van der Waals surface area contributed by atoms with Crippen molar-refractivity contribution in [3.8, 4) is 0 Å². The molecule has 0 unspecified atom stereocenters. The molecule has 0 heterocycles. The monoisotopic (exact) mass is 231 g/mol. The molecule has 0 amide bonds. The number of nitrogens with one attached hydrogen (secondary N) is 1. The lowest BCUT2D eigenvalue weighted by Gasteiger charge is -2.07. The average Bonchev–Trinajstić information content (AvgIpc) is 2.17. The van der Waals surface area contributed by atoms with E-state index >= 15 is 0 Å². The van der Waals surface area contributed by atoms with Gasteiger partial charge in [-0.05, 0) is 18.2 Å². The largest absolute Gasteiger partial charge is 0.314 e. The molecule has 1 nitrogen and oxygen atoms in total. The van der Waals surface area contributed by atoms with Gasteiger partial charge in [-0.15, -0.1) is 11.8 Å². The van der Waals surface area contributed by atoms with Crippen molar-refractivity contribution in [3.05, 3.63) is 29.8 Å². The first kappa shape index (κ1) is 12.5. The predicted molar refractivity (Wildman–Crippen MR) is 60.2 cm³/mol. The summed E-state index contributed by atoms with van der Waals surface area (Å²) in [6.45, 7) is 4.89. The first-order valence-corrected chi connectivity index (χ1v) is 5.89. The van der Waals surface area contributed by atoms with Gasteiger partial charge in [0.25, 0.3) is 0 Å². The van der Waals surface area contributed by atoms with Gasteiger partial charge in [-0.25, -0.2) is 8.78 Å². The lowest BCUT2D eigenvalue weighted by atomic mass is 10.3. The summed E-state index contributed by atoms with van der Waals surface area (Å²) in [5, 5.41) is 3.21. The van der Waals surface area contributed by atoms with Gasteiger partial charge in [0.2, 0.25) is 0 Å². The van der Waals surface area contributed by atoms with Crippen molar-refractivity contribution >= 4 is 11.8 Å². The molecule has 0 bridgehead atoms. The maximum Gasteiger partial charge on any atom is 0.136 e. The summed E-state index contributed by atoms with van der Waals surface area (Å²) in [6, 6.07) is 3.94. The molecule has 1 N–H and O–H groups in total. The molecule has 0 aliphatic heterocycles. The van der Waals surface area contributed by atoms with Crippen LogP contribution in [-0.4, -0.2) is 18.3 Å². The van der Waals surface area contributed by atoms with Gasteiger partial charge in [-0.1, -0.05) is 13.8 Å². The van der Waals surface area contributed by atoms with E-state index in [4.69, 9.17) is 0 Å². The minimum absolute atomic E-state index is 0.356. The Morgan fingerprint density at radius 1 is 1.33 bits per heavy atom. The van der Waals surface area contributed by atoms with E-state index in [9.17, 15) is 8.78 Å². The molecule has 0 radical (unpaired) electrons. The molecule has 0 aliphatic rings. The minimum Gasteiger partial charge on any atom is -0.314 e. The van der Waals surface area contributed by atoms with Crippen LogP contribution in [-0.2, 0) is 0 Å². The second-order valence-electron chi connectivity index (χ2n) is 3.53. The third-order valence-electron chi connectivity index (χ3n) is 1.81. The third-order valence-corrected chi connectivity index (χ3v) is 2.84. The van der Waals surface area contributed by atoms with Gasteiger partial charge >= 0.3 is 0 Å². The van der Waals surface area contributed by atoms with E-state index in [1.807, 2.05) is 13.8 Å². The Kier molecular flexibility index (Phi) is 5.05. The summed E-state index contributed by atoms with van der Waals surface area (Å²) in [7, 11) is 0. The Bertz CT molecular complexity index is 315. The number of hydrogen-bond acceptors (Lipinski definition) is 2. The lowest BCUT2D eigenvalue weighted by Crippen LogP contribution is -2.24. The lowest BCUT2D eigenvalue weighted by molar-refractivity contribution is 0.576. The molecule has 84 valence electrons. The summed E-state index contributed by atoms with van der Waals surface area (Å²) in [4.78, 5) is 0.376. The summed E-state index contributed by atoms with van der Waals surface area (Å²) >= 11 is 1.33. The van der Waals surface area contributed by atoms with Crippen LogP contribution in [0.4, 0.5) is 8.78 Å². The molecule has 15 heavy (non-hydrogen) atoms. The van der Waals surface area contributed by atoms with Gasteiger partial charge < -0.3 is 5.32 Å². The SMILES string of the molecule is CC(C)NCCSc1cc(F)ccc1F. The van der Waals surface area contributed by atoms with Crippen molar-refractivity contribution in [2.24, 2.45) is 0 Å². The van der Waals surface area contributed by atoms with Crippen molar-refractivity contribution in [2.75, 3.05) is 12.3 Å². The van der Waals surface area contributed by atoms with Crippen molar-refractivity contribution < 1.29 is 8.78 Å². The van der Waals surface area contributed by atoms with Crippen LogP contribution in [0, 0.1) is 11.6 Å². The number of thioether (sulfide) groups is 1. The highest BCUT2D eigenvalue weighted by Crippen LogP contribution is 2.21. The second kappa shape index (κ2) is 6.08. The van der Waals surface area contributed by atoms with E-state index in [1.165, 1.54) is 17.8 Å². The second-order valence-corrected chi connectivity index (χ2v) is 4.67. The first-order chi connectivity index (χ1) is 7.09. The Balaban J connectivity index is 2.40. The van der Waals surface area contributed by atoms with Crippen molar-refractivity contribution in [2.45, 2.75) is 24.8 Å². The van der Waals surface area contributed by atoms with Crippen LogP contribution in [0.5, 0.6) is 0 Å². The van der Waals surface area contributed by atoms with Crippen LogP contribution in [0.25, 0.3) is 0 Å². The zero-order valence-corrected chi connectivity index (χ0v) is 9.70. The molecule has 0 saturated heterocycles. The molecular formula is C11H15F2NS. The minimum atomic E-state index is -0.393. The molecule has 4 heteroatoms. The van der Waals surface area contributed by atoms with E-state index in [2.05, 4.69) is 5.32 Å². The van der Waals surface area contributed by atoms with E-state index in [0.717, 1.165) is 24.4 Å². The molecule has 0 aliphatic carbocycles. The van der Waals surface area contributed by atoms with Gasteiger partial charge in [0.05, 0.1) is 0 Å². The van der Waals surface area contributed by atoms with Crippen LogP contribution in [0.1, 0.15) is 13.8 Å². The van der Waals surface area contributed by atoms with Crippen LogP contribution in [0.3, 0.4) is 0 Å². The fourth-order valence-electron chi connectivity index (χ4n) is 1.10. The number of rotatable bonds is 5. The molecule has 1 rings (SSSR count). The van der Waals surface area contributed by atoms with Crippen LogP contribution >= 0.6 is 11.8 Å². The highest BCUT2D eigenvalue weighted by Gasteiger charge is 2.04. The molecule has 0 fully saturated rings. The molecule has 0 aromatic heterocycles. The molecular weight excluding hydrogens is 216 g/mol. The van der Waals surface area contributed by atoms with Gasteiger partial charge in [-0.2, -0.15) is 0 Å². The Hall–Kier alpha value is -0.610. The van der Waals surface area contributed by atoms with Crippen molar-refractivity contribution in [1.29, 1.82) is 0 Å². The highest BCUT2D eigenvalue weighted by molar-refractivity contribution is 7.99. The molecule has 1 aromatic rings. The fourth-order valence-corrected chi connectivity index (χ4v) is 1.94. The summed E-state index contributed by atoms with van der Waals surface area (Å²) < 4.78 is 25.9. The predicted octanol–water partition coefficient (Wildman–Crippen LogP) is 3.05. The van der Waals surface area contributed by atoms with Crippen molar-refractivity contribution in [3.63, 3.8) is 0 Å². The fraction of sp³-hybridized carbons (Fsp3) is 0.455. The summed E-state index contributed by atoms with van der Waals surface area (Å²) in [5.74, 6) is -0.0138. The van der Waals surface area contributed by atoms with Gasteiger partial charge in [-0.3, -0.25) is 0 Å². The summed E-state index contributed by atoms with van der Waals surface area (Å²) in [5.41, 5.74) is 0. The molecule has 0 atom stereocenters. The normalized spacial score (nSPS) is 11.0. The van der Waals surface area contributed by atoms with Gasteiger partial charge in [0.1, 0.15) is 11.6 Å². The van der Waals surface area contributed by atoms with E-state index in [-0.39, 0.29) is 5.82 Å². The Morgan fingerprint density at radius 3 is 2.73 bits per heavy atom. The maximum atomic E-state index is 13.1. The Labute approximate surface area is 93.3 Å². The smallest absolute Gasteiger partial charge is 0.136 e. The highest BCUT2D eigenvalue weighted by atomic mass is 32.2. The van der Waals surface area contributed by atoms with E-state index < -0.39 is 5.82 Å². The van der Waals surface area contributed by atoms with Crippen LogP contribution in [0.15, 0.2) is 23.1 Å².